The van der Waals surface area contributed by atoms with Gasteiger partial charge in [0.2, 0.25) is 17.7 Å². The molecule has 0 aromatic heterocycles. The molecule has 0 radical (unpaired) electrons. The van der Waals surface area contributed by atoms with Gasteiger partial charge in [0.1, 0.15) is 18.1 Å². The number of hydrogen-bond donors (Lipinski definition) is 7. The van der Waals surface area contributed by atoms with Crippen LogP contribution in [0.1, 0.15) is 27.2 Å². The van der Waals surface area contributed by atoms with E-state index in [2.05, 4.69) is 28.6 Å². The average molecular weight is 392 g/mol. The molecule has 0 rings (SSSR count). The molecule has 5 atom stereocenters. The summed E-state index contributed by atoms with van der Waals surface area (Å²) in [6.45, 7) is 4.15. The van der Waals surface area contributed by atoms with Crippen molar-refractivity contribution in [3.05, 3.63) is 0 Å². The van der Waals surface area contributed by atoms with E-state index in [1.165, 1.54) is 6.92 Å². The number of nitrogens with one attached hydrogen (secondary N) is 3. The summed E-state index contributed by atoms with van der Waals surface area (Å²) < 4.78 is 0. The van der Waals surface area contributed by atoms with Crippen molar-refractivity contribution < 1.29 is 29.4 Å². The van der Waals surface area contributed by atoms with Crippen molar-refractivity contribution in [2.24, 2.45) is 11.7 Å². The molecular weight excluding hydrogens is 364 g/mol. The molecule has 0 saturated heterocycles. The molecule has 7 N–H and O–H groups in total. The number of aliphatic carboxylic acids is 1. The molecule has 10 nitrogen and oxygen atoms in total. The molecule has 0 fully saturated rings. The lowest BCUT2D eigenvalue weighted by Gasteiger charge is -2.26. The Morgan fingerprint density at radius 2 is 1.62 bits per heavy atom. The second kappa shape index (κ2) is 11.7. The second-order valence-electron chi connectivity index (χ2n) is 5.97. The minimum Gasteiger partial charge on any atom is -0.480 e. The molecule has 0 aromatic rings. The highest BCUT2D eigenvalue weighted by atomic mass is 32.1. The smallest absolute Gasteiger partial charge is 0.328 e. The van der Waals surface area contributed by atoms with Crippen LogP contribution >= 0.6 is 12.6 Å². The van der Waals surface area contributed by atoms with E-state index >= 15 is 0 Å². The van der Waals surface area contributed by atoms with Gasteiger partial charge in [0.15, 0.2) is 0 Å². The number of aliphatic hydroxyl groups is 1. The van der Waals surface area contributed by atoms with E-state index in [9.17, 15) is 19.2 Å². The van der Waals surface area contributed by atoms with E-state index in [-0.39, 0.29) is 11.7 Å². The highest BCUT2D eigenvalue weighted by Crippen LogP contribution is 2.09. The third-order valence-corrected chi connectivity index (χ3v) is 4.27. The van der Waals surface area contributed by atoms with Gasteiger partial charge in [0, 0.05) is 5.75 Å². The third kappa shape index (κ3) is 7.58. The Morgan fingerprint density at radius 1 is 1.04 bits per heavy atom. The molecule has 150 valence electrons. The van der Waals surface area contributed by atoms with E-state index in [1.807, 2.05) is 0 Å². The standard InChI is InChI=1S/C15H28N4O6S/c1-4-7(2)11(14(23)18-10(5-20)15(24)25)19-12(21)8(3)17-13(22)9(16)6-26/h7-11,20,26H,4-6,16H2,1-3H3,(H,17,22)(H,18,23)(H,19,21)(H,24,25). The van der Waals surface area contributed by atoms with Crippen LogP contribution in [0.3, 0.4) is 0 Å². The van der Waals surface area contributed by atoms with Gasteiger partial charge in [-0.3, -0.25) is 14.4 Å². The largest absolute Gasteiger partial charge is 0.480 e. The van der Waals surface area contributed by atoms with Gasteiger partial charge in [0.05, 0.1) is 12.6 Å². The molecule has 0 aliphatic rings. The Morgan fingerprint density at radius 3 is 2.04 bits per heavy atom. The molecule has 0 saturated carbocycles. The zero-order chi connectivity index (χ0) is 20.4. The lowest BCUT2D eigenvalue weighted by Crippen LogP contribution is -2.58. The number of carbonyl (C=O) groups excluding carboxylic acids is 3. The molecule has 0 heterocycles. The highest BCUT2D eigenvalue weighted by molar-refractivity contribution is 7.80. The number of amides is 3. The maximum absolute atomic E-state index is 12.3. The van der Waals surface area contributed by atoms with Crippen LogP contribution in [0.4, 0.5) is 0 Å². The van der Waals surface area contributed by atoms with Crippen LogP contribution in [-0.4, -0.2) is 70.4 Å². The predicted octanol–water partition coefficient (Wildman–Crippen LogP) is -2.16. The van der Waals surface area contributed by atoms with Gasteiger partial charge in [-0.2, -0.15) is 12.6 Å². The first-order chi connectivity index (χ1) is 12.1. The summed E-state index contributed by atoms with van der Waals surface area (Å²) in [6, 6.07) is -4.33. The molecule has 26 heavy (non-hydrogen) atoms. The molecule has 5 unspecified atom stereocenters. The summed E-state index contributed by atoms with van der Waals surface area (Å²) >= 11 is 3.90. The fourth-order valence-corrected chi connectivity index (χ4v) is 2.06. The van der Waals surface area contributed by atoms with Crippen LogP contribution in [0, 0.1) is 5.92 Å². The van der Waals surface area contributed by atoms with Crippen LogP contribution in [0.25, 0.3) is 0 Å². The van der Waals surface area contributed by atoms with Crippen molar-refractivity contribution in [3.63, 3.8) is 0 Å². The number of thiol groups is 1. The molecule has 0 bridgehead atoms. The van der Waals surface area contributed by atoms with Crippen molar-refractivity contribution in [1.82, 2.24) is 16.0 Å². The lowest BCUT2D eigenvalue weighted by atomic mass is 9.97. The number of carboxylic acid groups (broad SMARTS) is 1. The highest BCUT2D eigenvalue weighted by Gasteiger charge is 2.31. The monoisotopic (exact) mass is 392 g/mol. The van der Waals surface area contributed by atoms with E-state index in [0.717, 1.165) is 0 Å². The maximum atomic E-state index is 12.3. The van der Waals surface area contributed by atoms with Crippen LogP contribution in [-0.2, 0) is 19.2 Å². The SMILES string of the molecule is CCC(C)C(NC(=O)C(C)NC(=O)C(N)CS)C(=O)NC(CO)C(=O)O. The van der Waals surface area contributed by atoms with Crippen LogP contribution in [0.15, 0.2) is 0 Å². The molecule has 3 amide bonds. The Labute approximate surface area is 157 Å². The van der Waals surface area contributed by atoms with E-state index < -0.39 is 54.5 Å². The molecule has 0 aromatic carbocycles. The van der Waals surface area contributed by atoms with Gasteiger partial charge in [-0.1, -0.05) is 20.3 Å². The van der Waals surface area contributed by atoms with Gasteiger partial charge in [-0.05, 0) is 12.8 Å². The summed E-state index contributed by atoms with van der Waals surface area (Å²) in [7, 11) is 0. The van der Waals surface area contributed by atoms with Gasteiger partial charge in [-0.25, -0.2) is 4.79 Å². The first-order valence-corrected chi connectivity index (χ1v) is 8.83. The van der Waals surface area contributed by atoms with Gasteiger partial charge in [0.25, 0.3) is 0 Å². The number of carboxylic acids is 1. The average Bonchev–Trinajstić information content (AvgIpc) is 2.61. The maximum Gasteiger partial charge on any atom is 0.328 e. The summed E-state index contributed by atoms with van der Waals surface area (Å²) in [5.74, 6) is -3.51. The summed E-state index contributed by atoms with van der Waals surface area (Å²) in [5.41, 5.74) is 5.52. The Hall–Kier alpha value is -1.85. The number of nitrogens with two attached hydrogens (primary N) is 1. The normalized spacial score (nSPS) is 16.5. The van der Waals surface area contributed by atoms with Crippen molar-refractivity contribution in [1.29, 1.82) is 0 Å². The molecule has 0 aliphatic heterocycles. The molecule has 0 aliphatic carbocycles. The summed E-state index contributed by atoms with van der Waals surface area (Å²) in [5, 5.41) is 25.0. The van der Waals surface area contributed by atoms with Crippen molar-refractivity contribution in [2.45, 2.75) is 51.4 Å². The Balaban J connectivity index is 5.04. The molecule has 11 heteroatoms. The topological polar surface area (TPSA) is 171 Å². The fraction of sp³-hybridized carbons (Fsp3) is 0.733. The fourth-order valence-electron chi connectivity index (χ4n) is 1.90. The molecular formula is C15H28N4O6S. The third-order valence-electron chi connectivity index (χ3n) is 3.88. The van der Waals surface area contributed by atoms with E-state index in [0.29, 0.717) is 6.42 Å². The van der Waals surface area contributed by atoms with Gasteiger partial charge < -0.3 is 31.9 Å². The van der Waals surface area contributed by atoms with Crippen LogP contribution < -0.4 is 21.7 Å². The lowest BCUT2D eigenvalue weighted by molar-refractivity contribution is -0.143. The van der Waals surface area contributed by atoms with Crippen molar-refractivity contribution in [3.8, 4) is 0 Å². The molecule has 0 spiro atoms. The number of hydrogen-bond acceptors (Lipinski definition) is 7. The van der Waals surface area contributed by atoms with Crippen LogP contribution in [0.5, 0.6) is 0 Å². The Bertz CT molecular complexity index is 518. The minimum atomic E-state index is -1.48. The Kier molecular flexibility index (Phi) is 10.9. The zero-order valence-corrected chi connectivity index (χ0v) is 16.0. The van der Waals surface area contributed by atoms with Crippen molar-refractivity contribution in [2.75, 3.05) is 12.4 Å². The predicted molar refractivity (Wildman–Crippen MR) is 97.5 cm³/mol. The van der Waals surface area contributed by atoms with Gasteiger partial charge in [-0.15, -0.1) is 0 Å². The van der Waals surface area contributed by atoms with Crippen molar-refractivity contribution >= 4 is 36.3 Å². The quantitative estimate of drug-likeness (QED) is 0.196. The number of aliphatic hydroxyl groups excluding tert-OH is 1. The number of rotatable bonds is 11. The first-order valence-electron chi connectivity index (χ1n) is 8.20. The van der Waals surface area contributed by atoms with E-state index in [1.54, 1.807) is 13.8 Å². The zero-order valence-electron chi connectivity index (χ0n) is 15.1. The minimum absolute atomic E-state index is 0.107. The number of carbonyl (C=O) groups is 4. The first kappa shape index (κ1) is 24.1. The second-order valence-corrected chi connectivity index (χ2v) is 6.34. The summed E-state index contributed by atoms with van der Waals surface area (Å²) in [6.07, 6.45) is 0.528. The van der Waals surface area contributed by atoms with E-state index in [4.69, 9.17) is 15.9 Å². The summed E-state index contributed by atoms with van der Waals surface area (Å²) in [4.78, 5) is 47.3. The van der Waals surface area contributed by atoms with Gasteiger partial charge >= 0.3 is 5.97 Å². The van der Waals surface area contributed by atoms with Crippen LogP contribution in [0.2, 0.25) is 0 Å².